The number of anilines is 2. The maximum absolute atomic E-state index is 13.3. The normalized spacial score (nSPS) is 11.2. The maximum atomic E-state index is 13.3. The van der Waals surface area contributed by atoms with Crippen molar-refractivity contribution in [2.45, 2.75) is 31.6 Å². The first-order chi connectivity index (χ1) is 19.8. The van der Waals surface area contributed by atoms with Crippen LogP contribution in [0.4, 0.5) is 11.4 Å². The van der Waals surface area contributed by atoms with Crippen molar-refractivity contribution in [2.24, 2.45) is 0 Å². The molecule has 4 rings (SSSR count). The Morgan fingerprint density at radius 2 is 1.49 bits per heavy atom. The molecule has 4 aromatic rings. The van der Waals surface area contributed by atoms with E-state index in [0.717, 1.165) is 21.7 Å². The van der Waals surface area contributed by atoms with Crippen molar-refractivity contribution in [3.05, 3.63) is 131 Å². The van der Waals surface area contributed by atoms with E-state index in [4.69, 9.17) is 0 Å². The SMILES string of the molecule is Cc1ccc(/C=C(\NC(=O)c2ccccc2)C(=O)Nc2cccc(SCC(=O)Nc3ccc(C(C)C)cc3)c2)cc1. The van der Waals surface area contributed by atoms with Crippen molar-refractivity contribution in [3.8, 4) is 0 Å². The highest BCUT2D eigenvalue weighted by Gasteiger charge is 2.15. The third-order valence-corrected chi connectivity index (χ3v) is 7.23. The van der Waals surface area contributed by atoms with Crippen LogP contribution in [0.5, 0.6) is 0 Å². The number of amides is 3. The summed E-state index contributed by atoms with van der Waals surface area (Å²) in [7, 11) is 0. The van der Waals surface area contributed by atoms with Gasteiger partial charge >= 0.3 is 0 Å². The zero-order valence-electron chi connectivity index (χ0n) is 23.3. The van der Waals surface area contributed by atoms with E-state index in [0.29, 0.717) is 17.2 Å². The molecule has 0 heterocycles. The summed E-state index contributed by atoms with van der Waals surface area (Å²) in [5.74, 6) is -0.311. The van der Waals surface area contributed by atoms with Gasteiger partial charge in [-0.1, -0.05) is 80.1 Å². The molecule has 7 heteroatoms. The van der Waals surface area contributed by atoms with Crippen molar-refractivity contribution in [1.29, 1.82) is 0 Å². The van der Waals surface area contributed by atoms with Crippen LogP contribution in [0.15, 0.2) is 114 Å². The lowest BCUT2D eigenvalue weighted by Crippen LogP contribution is -2.30. The maximum Gasteiger partial charge on any atom is 0.272 e. The molecule has 0 aromatic heterocycles. The first-order valence-corrected chi connectivity index (χ1v) is 14.3. The van der Waals surface area contributed by atoms with Gasteiger partial charge in [0.15, 0.2) is 0 Å². The van der Waals surface area contributed by atoms with E-state index < -0.39 is 5.91 Å². The number of hydrogen-bond donors (Lipinski definition) is 3. The van der Waals surface area contributed by atoms with E-state index in [9.17, 15) is 14.4 Å². The monoisotopic (exact) mass is 563 g/mol. The van der Waals surface area contributed by atoms with Gasteiger partial charge in [-0.15, -0.1) is 11.8 Å². The average molecular weight is 564 g/mol. The Morgan fingerprint density at radius 1 is 0.780 bits per heavy atom. The van der Waals surface area contributed by atoms with E-state index in [1.165, 1.54) is 17.3 Å². The van der Waals surface area contributed by atoms with Crippen molar-refractivity contribution in [1.82, 2.24) is 5.32 Å². The number of carbonyl (C=O) groups is 3. The van der Waals surface area contributed by atoms with Crippen LogP contribution in [-0.4, -0.2) is 23.5 Å². The molecule has 6 nitrogen and oxygen atoms in total. The smallest absolute Gasteiger partial charge is 0.272 e. The number of benzene rings is 4. The first-order valence-electron chi connectivity index (χ1n) is 13.4. The molecule has 0 aliphatic carbocycles. The summed E-state index contributed by atoms with van der Waals surface area (Å²) >= 11 is 1.37. The number of rotatable bonds is 10. The lowest BCUT2D eigenvalue weighted by molar-refractivity contribution is -0.114. The van der Waals surface area contributed by atoms with Crippen LogP contribution < -0.4 is 16.0 Å². The molecule has 0 saturated heterocycles. The molecule has 0 saturated carbocycles. The minimum atomic E-state index is -0.459. The summed E-state index contributed by atoms with van der Waals surface area (Å²) in [6.45, 7) is 6.24. The minimum Gasteiger partial charge on any atom is -0.325 e. The fraction of sp³-hybridized carbons (Fsp3) is 0.147. The van der Waals surface area contributed by atoms with E-state index in [-0.39, 0.29) is 23.3 Å². The molecule has 0 spiro atoms. The molecule has 0 aliphatic heterocycles. The van der Waals surface area contributed by atoms with Gasteiger partial charge < -0.3 is 16.0 Å². The summed E-state index contributed by atoms with van der Waals surface area (Å²) in [4.78, 5) is 39.5. The van der Waals surface area contributed by atoms with Crippen LogP contribution in [0.25, 0.3) is 6.08 Å². The van der Waals surface area contributed by atoms with Gasteiger partial charge in [0.2, 0.25) is 5.91 Å². The first kappa shape index (κ1) is 29.4. The highest BCUT2D eigenvalue weighted by atomic mass is 32.2. The van der Waals surface area contributed by atoms with Crippen molar-refractivity contribution in [3.63, 3.8) is 0 Å². The molecule has 41 heavy (non-hydrogen) atoms. The standard InChI is InChI=1S/C34H33N3O3S/c1-23(2)26-16-18-28(19-17-26)35-32(38)22-41-30-11-7-10-29(21-30)36-34(40)31(20-25-14-12-24(3)13-15-25)37-33(39)27-8-5-4-6-9-27/h4-21,23H,22H2,1-3H3,(H,35,38)(H,36,40)(H,37,39)/b31-20-. The van der Waals surface area contributed by atoms with Crippen LogP contribution in [0, 0.1) is 6.92 Å². The summed E-state index contributed by atoms with van der Waals surface area (Å²) in [6.07, 6.45) is 1.65. The lowest BCUT2D eigenvalue weighted by Gasteiger charge is -2.12. The zero-order chi connectivity index (χ0) is 29.2. The second-order valence-electron chi connectivity index (χ2n) is 9.88. The van der Waals surface area contributed by atoms with Crippen molar-refractivity contribution < 1.29 is 14.4 Å². The van der Waals surface area contributed by atoms with E-state index in [1.54, 1.807) is 42.5 Å². The highest BCUT2D eigenvalue weighted by Crippen LogP contribution is 2.23. The molecule has 208 valence electrons. The third kappa shape index (κ3) is 8.95. The van der Waals surface area contributed by atoms with Gasteiger partial charge in [-0.25, -0.2) is 0 Å². The van der Waals surface area contributed by atoms with Gasteiger partial charge in [-0.3, -0.25) is 14.4 Å². The number of nitrogens with one attached hydrogen (secondary N) is 3. The summed E-state index contributed by atoms with van der Waals surface area (Å²) < 4.78 is 0. The molecular formula is C34H33N3O3S. The summed E-state index contributed by atoms with van der Waals surface area (Å²) in [6, 6.07) is 31.5. The Labute approximate surface area is 245 Å². The van der Waals surface area contributed by atoms with Crippen LogP contribution in [0.3, 0.4) is 0 Å². The number of carbonyl (C=O) groups excluding carboxylic acids is 3. The molecule has 0 bridgehead atoms. The number of hydrogen-bond acceptors (Lipinski definition) is 4. The Hall–Kier alpha value is -4.62. The van der Waals surface area contributed by atoms with Crippen LogP contribution in [0.2, 0.25) is 0 Å². The fourth-order valence-corrected chi connectivity index (χ4v) is 4.69. The molecule has 3 amide bonds. The van der Waals surface area contributed by atoms with Gasteiger partial charge in [0.1, 0.15) is 5.70 Å². The Kier molecular flexibility index (Phi) is 10.1. The highest BCUT2D eigenvalue weighted by molar-refractivity contribution is 8.00. The van der Waals surface area contributed by atoms with E-state index in [1.807, 2.05) is 73.7 Å². The molecule has 0 atom stereocenters. The van der Waals surface area contributed by atoms with Gasteiger partial charge in [0.05, 0.1) is 5.75 Å². The second kappa shape index (κ2) is 14.1. The largest absolute Gasteiger partial charge is 0.325 e. The van der Waals surface area contributed by atoms with E-state index in [2.05, 4.69) is 29.8 Å². The molecule has 3 N–H and O–H groups in total. The average Bonchev–Trinajstić information content (AvgIpc) is 2.97. The molecule has 0 radical (unpaired) electrons. The van der Waals surface area contributed by atoms with Gasteiger partial charge in [-0.05, 0) is 72.5 Å². The molecule has 4 aromatic carbocycles. The Balaban J connectivity index is 1.42. The van der Waals surface area contributed by atoms with Crippen molar-refractivity contribution in [2.75, 3.05) is 16.4 Å². The molecule has 0 unspecified atom stereocenters. The predicted octanol–water partition coefficient (Wildman–Crippen LogP) is 7.26. The lowest BCUT2D eigenvalue weighted by atomic mass is 10.0. The zero-order valence-corrected chi connectivity index (χ0v) is 24.1. The van der Waals surface area contributed by atoms with Gasteiger partial charge in [-0.2, -0.15) is 0 Å². The summed E-state index contributed by atoms with van der Waals surface area (Å²) in [5.41, 5.74) is 4.95. The Morgan fingerprint density at radius 3 is 2.17 bits per heavy atom. The summed E-state index contributed by atoms with van der Waals surface area (Å²) in [5, 5.41) is 8.55. The predicted molar refractivity (Wildman–Crippen MR) is 168 cm³/mol. The molecule has 0 fully saturated rings. The number of aryl methyl sites for hydroxylation is 1. The van der Waals surface area contributed by atoms with Gasteiger partial charge in [0.25, 0.3) is 11.8 Å². The van der Waals surface area contributed by atoms with Crippen LogP contribution in [-0.2, 0) is 9.59 Å². The minimum absolute atomic E-state index is 0.114. The van der Waals surface area contributed by atoms with Gasteiger partial charge in [0, 0.05) is 21.8 Å². The fourth-order valence-electron chi connectivity index (χ4n) is 3.93. The Bertz CT molecular complexity index is 1530. The van der Waals surface area contributed by atoms with Crippen LogP contribution in [0.1, 0.15) is 46.8 Å². The second-order valence-corrected chi connectivity index (χ2v) is 10.9. The third-order valence-electron chi connectivity index (χ3n) is 6.24. The molecule has 0 aliphatic rings. The number of thioether (sulfide) groups is 1. The van der Waals surface area contributed by atoms with Crippen molar-refractivity contribution >= 4 is 46.9 Å². The van der Waals surface area contributed by atoms with Crippen LogP contribution >= 0.6 is 11.8 Å². The quantitative estimate of drug-likeness (QED) is 0.140. The topological polar surface area (TPSA) is 87.3 Å². The van der Waals surface area contributed by atoms with E-state index >= 15 is 0 Å². The molecular weight excluding hydrogens is 530 g/mol.